The van der Waals surface area contributed by atoms with E-state index in [2.05, 4.69) is 20.6 Å². The summed E-state index contributed by atoms with van der Waals surface area (Å²) in [6.45, 7) is 4.14. The summed E-state index contributed by atoms with van der Waals surface area (Å²) in [4.78, 5) is 8.98. The maximum absolute atomic E-state index is 6.22. The van der Waals surface area contributed by atoms with Crippen LogP contribution in [0.4, 0.5) is 22.7 Å². The molecule has 5 aromatic carbocycles. The van der Waals surface area contributed by atoms with Crippen LogP contribution in [0.3, 0.4) is 0 Å². The van der Waals surface area contributed by atoms with Crippen molar-refractivity contribution in [3.05, 3.63) is 166 Å². The van der Waals surface area contributed by atoms with E-state index in [0.29, 0.717) is 75.9 Å². The van der Waals surface area contributed by atoms with Crippen molar-refractivity contribution in [1.29, 1.82) is 0 Å². The fourth-order valence-electron chi connectivity index (χ4n) is 4.44. The fraction of sp³-hybridized carbons (Fsp3) is 0.105. The SMILES string of the molecule is CC(CC(C)=Nc1c(Cl)cccc1Cl)=Nc1c(Cl)cccc1Cl.Clc1cccc(Cl)c1[N-]C=C(C[N-]c1c(Cl)cccc1Cl)c1ccccc1.[Cu+2].[Cu]. The van der Waals surface area contributed by atoms with E-state index in [1.165, 1.54) is 0 Å². The van der Waals surface area contributed by atoms with Crippen molar-refractivity contribution in [3.8, 4) is 0 Å². The van der Waals surface area contributed by atoms with Gasteiger partial charge in [-0.3, -0.25) is 9.98 Å². The van der Waals surface area contributed by atoms with Crippen LogP contribution in [-0.2, 0) is 34.1 Å². The molecule has 0 atom stereocenters. The van der Waals surface area contributed by atoms with Crippen LogP contribution in [0.15, 0.2) is 119 Å². The summed E-state index contributed by atoms with van der Waals surface area (Å²) in [5.41, 5.74) is 5.74. The fourth-order valence-corrected chi connectivity index (χ4v) is 6.42. The summed E-state index contributed by atoms with van der Waals surface area (Å²) in [5, 5.41) is 13.1. The maximum Gasteiger partial charge on any atom is 2.00 e. The first-order valence-electron chi connectivity index (χ1n) is 14.9. The van der Waals surface area contributed by atoms with Crippen LogP contribution < -0.4 is 0 Å². The molecule has 0 fully saturated rings. The monoisotopic (exact) mass is 946 g/mol. The number of aliphatic imine (C=N–C) groups is 2. The largest absolute Gasteiger partial charge is 2.00 e. The molecule has 2 radical (unpaired) electrons. The molecule has 0 saturated heterocycles. The van der Waals surface area contributed by atoms with Gasteiger partial charge in [-0.15, -0.1) is 12.2 Å². The van der Waals surface area contributed by atoms with Gasteiger partial charge in [-0.25, -0.2) is 0 Å². The standard InChI is InChI=1S/C21H14Cl4N2.C17H14Cl4N2.2Cu/c22-16-8-4-9-17(23)20(16)26-12-15(14-6-2-1-3-7-14)13-27-21-18(24)10-5-11-19(21)25;1-10(22-16-12(18)5-3-6-13(16)19)9-11(2)23-17-14(20)7-4-8-15(17)21;;/h1-12H,13H2;3-8H,9H2,1-2H3;;/q-2;;;+2. The van der Waals surface area contributed by atoms with Gasteiger partial charge in [0.1, 0.15) is 11.4 Å². The molecule has 0 amide bonds. The third-order valence-electron chi connectivity index (χ3n) is 6.77. The van der Waals surface area contributed by atoms with E-state index in [1.807, 2.05) is 44.2 Å². The summed E-state index contributed by atoms with van der Waals surface area (Å²) >= 11 is 49.3. The van der Waals surface area contributed by atoms with E-state index >= 15 is 0 Å². The van der Waals surface area contributed by atoms with Crippen molar-refractivity contribution in [2.24, 2.45) is 9.98 Å². The average molecular weight is 951 g/mol. The Hall–Kier alpha value is -1.86. The predicted molar refractivity (Wildman–Crippen MR) is 221 cm³/mol. The van der Waals surface area contributed by atoms with Gasteiger partial charge >= 0.3 is 17.1 Å². The molecule has 5 aromatic rings. The van der Waals surface area contributed by atoms with Gasteiger partial charge in [-0.05, 0) is 67.9 Å². The van der Waals surface area contributed by atoms with Gasteiger partial charge in [-0.1, -0.05) is 159 Å². The van der Waals surface area contributed by atoms with Crippen LogP contribution in [0, 0.1) is 0 Å². The second kappa shape index (κ2) is 23.1. The Labute approximate surface area is 365 Å². The molecule has 14 heteroatoms. The first kappa shape index (κ1) is 46.3. The molecule has 0 bridgehead atoms. The van der Waals surface area contributed by atoms with E-state index in [0.717, 1.165) is 22.6 Å². The second-order valence-corrected chi connectivity index (χ2v) is 13.9. The number of benzene rings is 5. The topological polar surface area (TPSA) is 52.9 Å². The third-order valence-corrected chi connectivity index (χ3v) is 9.21. The summed E-state index contributed by atoms with van der Waals surface area (Å²) in [6.07, 6.45) is 2.28. The van der Waals surface area contributed by atoms with E-state index in [1.54, 1.807) is 79.0 Å². The van der Waals surface area contributed by atoms with E-state index in [4.69, 9.17) is 92.8 Å². The minimum absolute atomic E-state index is 0. The molecule has 0 spiro atoms. The second-order valence-electron chi connectivity index (χ2n) is 10.6. The molecular formula is C38H28Cl8Cu2N4. The Bertz CT molecular complexity index is 1890. The van der Waals surface area contributed by atoms with Gasteiger partial charge in [-0.2, -0.15) is 6.20 Å². The van der Waals surface area contributed by atoms with Gasteiger partial charge in [0.25, 0.3) is 0 Å². The molecule has 0 aromatic heterocycles. The third kappa shape index (κ3) is 13.8. The number of nitrogens with zero attached hydrogens (tertiary/aromatic N) is 4. The molecule has 278 valence electrons. The molecule has 0 N–H and O–H groups in total. The Morgan fingerprint density at radius 3 is 1.29 bits per heavy atom. The number of hydrogen-bond acceptors (Lipinski definition) is 2. The zero-order valence-electron chi connectivity index (χ0n) is 27.2. The van der Waals surface area contributed by atoms with Crippen molar-refractivity contribution < 1.29 is 34.1 Å². The number of rotatable bonds is 10. The van der Waals surface area contributed by atoms with Crippen molar-refractivity contribution >= 4 is 133 Å². The normalized spacial score (nSPS) is 11.5. The molecule has 4 nitrogen and oxygen atoms in total. The van der Waals surface area contributed by atoms with Gasteiger partial charge in [0.05, 0.1) is 20.1 Å². The molecule has 0 aliphatic carbocycles. The average Bonchev–Trinajstić information content (AvgIpc) is 3.07. The molecular weight excluding hydrogens is 923 g/mol. The van der Waals surface area contributed by atoms with Crippen molar-refractivity contribution in [3.63, 3.8) is 0 Å². The van der Waals surface area contributed by atoms with Crippen LogP contribution in [0.1, 0.15) is 25.8 Å². The van der Waals surface area contributed by atoms with Crippen molar-refractivity contribution in [2.45, 2.75) is 20.3 Å². The zero-order valence-corrected chi connectivity index (χ0v) is 35.2. The van der Waals surface area contributed by atoms with Crippen LogP contribution in [0.5, 0.6) is 0 Å². The van der Waals surface area contributed by atoms with Crippen molar-refractivity contribution in [2.75, 3.05) is 6.54 Å². The summed E-state index contributed by atoms with van der Waals surface area (Å²) < 4.78 is 0. The van der Waals surface area contributed by atoms with Gasteiger partial charge < -0.3 is 10.6 Å². The predicted octanol–water partition coefficient (Wildman–Crippen LogP) is 16.6. The minimum atomic E-state index is 0. The summed E-state index contributed by atoms with van der Waals surface area (Å²) in [7, 11) is 0. The molecule has 0 aliphatic heterocycles. The first-order chi connectivity index (χ1) is 23.9. The molecule has 0 heterocycles. The number of hydrogen-bond donors (Lipinski definition) is 0. The number of para-hydroxylation sites is 4. The van der Waals surface area contributed by atoms with E-state index < -0.39 is 0 Å². The van der Waals surface area contributed by atoms with Crippen molar-refractivity contribution in [1.82, 2.24) is 0 Å². The Balaban J connectivity index is 0.000000351. The molecule has 0 saturated carbocycles. The van der Waals surface area contributed by atoms with Crippen LogP contribution in [0.2, 0.25) is 40.2 Å². The van der Waals surface area contributed by atoms with Crippen LogP contribution in [0.25, 0.3) is 16.2 Å². The summed E-state index contributed by atoms with van der Waals surface area (Å²) in [5.74, 6) is 0. The summed E-state index contributed by atoms with van der Waals surface area (Å²) in [6, 6.07) is 31.0. The molecule has 5 rings (SSSR count). The molecule has 52 heavy (non-hydrogen) atoms. The van der Waals surface area contributed by atoms with E-state index in [-0.39, 0.29) is 34.1 Å². The molecule has 0 unspecified atom stereocenters. The first-order valence-corrected chi connectivity index (χ1v) is 17.9. The Morgan fingerprint density at radius 1 is 0.519 bits per heavy atom. The Morgan fingerprint density at radius 2 is 0.885 bits per heavy atom. The van der Waals surface area contributed by atoms with Gasteiger partial charge in [0.15, 0.2) is 0 Å². The minimum Gasteiger partial charge on any atom is -0.678 e. The van der Waals surface area contributed by atoms with Crippen LogP contribution in [-0.4, -0.2) is 18.0 Å². The molecule has 0 aliphatic rings. The quantitative estimate of drug-likeness (QED) is 0.0989. The maximum atomic E-state index is 6.22. The van der Waals surface area contributed by atoms with Gasteiger partial charge in [0.2, 0.25) is 0 Å². The van der Waals surface area contributed by atoms with Crippen LogP contribution >= 0.6 is 92.8 Å². The Kier molecular flexibility index (Phi) is 20.6. The van der Waals surface area contributed by atoms with E-state index in [9.17, 15) is 0 Å². The smallest absolute Gasteiger partial charge is 0.678 e. The van der Waals surface area contributed by atoms with Gasteiger partial charge in [0, 0.05) is 55.0 Å². The number of halogens is 8. The zero-order chi connectivity index (χ0) is 36.2.